The summed E-state index contributed by atoms with van der Waals surface area (Å²) in [6, 6.07) is 5.38. The first kappa shape index (κ1) is 10.8. The minimum atomic E-state index is -1.09. The third kappa shape index (κ3) is 1.59. The molecule has 5 heteroatoms. The fourth-order valence-electron chi connectivity index (χ4n) is 1.64. The predicted octanol–water partition coefficient (Wildman–Crippen LogP) is 2.40. The van der Waals surface area contributed by atoms with E-state index in [0.717, 1.165) is 4.90 Å². The number of carbonyl (C=O) groups excluding carboxylic acids is 1. The normalized spacial score (nSPS) is 10.6. The summed E-state index contributed by atoms with van der Waals surface area (Å²) in [5.41, 5.74) is 0.824. The van der Waals surface area contributed by atoms with Crippen LogP contribution in [-0.4, -0.2) is 28.6 Å². The topological polar surface area (TPSA) is 70.2 Å². The third-order valence-electron chi connectivity index (χ3n) is 2.37. The fraction of sp³-hybridized carbons (Fsp3) is 0.0909. The molecule has 4 nitrogen and oxygen atoms in total. The Balaban J connectivity index is 2.77. The summed E-state index contributed by atoms with van der Waals surface area (Å²) >= 11 is 1.56. The average molecular weight is 235 g/mol. The van der Waals surface area contributed by atoms with E-state index in [1.54, 1.807) is 17.8 Å². The van der Waals surface area contributed by atoms with Crippen LogP contribution in [-0.2, 0) is 0 Å². The van der Waals surface area contributed by atoms with Crippen molar-refractivity contribution in [3.05, 3.63) is 29.5 Å². The second kappa shape index (κ2) is 4.02. The van der Waals surface area contributed by atoms with Crippen molar-refractivity contribution in [3.8, 4) is 0 Å². The van der Waals surface area contributed by atoms with Gasteiger partial charge in [0.05, 0.1) is 11.3 Å². The molecule has 0 saturated carbocycles. The van der Waals surface area contributed by atoms with Crippen LogP contribution in [0.1, 0.15) is 20.8 Å². The minimum Gasteiger partial charge on any atom is -0.478 e. The zero-order chi connectivity index (χ0) is 11.7. The van der Waals surface area contributed by atoms with Crippen molar-refractivity contribution in [2.75, 3.05) is 6.26 Å². The van der Waals surface area contributed by atoms with Gasteiger partial charge in [-0.15, -0.1) is 11.8 Å². The lowest BCUT2D eigenvalue weighted by atomic mass is 10.1. The molecule has 1 heterocycles. The van der Waals surface area contributed by atoms with Crippen molar-refractivity contribution in [1.82, 2.24) is 4.98 Å². The molecule has 82 valence electrons. The van der Waals surface area contributed by atoms with Crippen LogP contribution in [0.4, 0.5) is 0 Å². The first-order valence-electron chi connectivity index (χ1n) is 4.55. The van der Waals surface area contributed by atoms with Gasteiger partial charge >= 0.3 is 5.97 Å². The monoisotopic (exact) mass is 235 g/mol. The average Bonchev–Trinajstić information content (AvgIpc) is 2.65. The number of H-pyrrole nitrogens is 1. The number of rotatable bonds is 3. The van der Waals surface area contributed by atoms with Crippen molar-refractivity contribution in [1.29, 1.82) is 0 Å². The van der Waals surface area contributed by atoms with E-state index >= 15 is 0 Å². The zero-order valence-electron chi connectivity index (χ0n) is 8.48. The summed E-state index contributed by atoms with van der Waals surface area (Å²) < 4.78 is 0. The molecule has 1 aromatic carbocycles. The highest BCUT2D eigenvalue weighted by atomic mass is 32.2. The Hall–Kier alpha value is -1.75. The number of carbonyl (C=O) groups is 2. The lowest BCUT2D eigenvalue weighted by Crippen LogP contribution is -1.99. The van der Waals surface area contributed by atoms with Crippen molar-refractivity contribution >= 4 is 34.9 Å². The van der Waals surface area contributed by atoms with Gasteiger partial charge in [-0.05, 0) is 18.4 Å². The van der Waals surface area contributed by atoms with Gasteiger partial charge in [-0.3, -0.25) is 4.79 Å². The predicted molar refractivity (Wildman–Crippen MR) is 62.4 cm³/mol. The summed E-state index contributed by atoms with van der Waals surface area (Å²) in [7, 11) is 0. The molecule has 0 radical (unpaired) electrons. The van der Waals surface area contributed by atoms with Crippen LogP contribution in [0.25, 0.3) is 10.9 Å². The highest BCUT2D eigenvalue weighted by Gasteiger charge is 2.17. The zero-order valence-corrected chi connectivity index (χ0v) is 9.30. The second-order valence-electron chi connectivity index (χ2n) is 3.25. The van der Waals surface area contributed by atoms with E-state index in [1.165, 1.54) is 0 Å². The Morgan fingerprint density at radius 1 is 1.50 bits per heavy atom. The van der Waals surface area contributed by atoms with Gasteiger partial charge in [-0.1, -0.05) is 6.07 Å². The number of thioether (sulfide) groups is 1. The van der Waals surface area contributed by atoms with Crippen LogP contribution in [0.15, 0.2) is 23.1 Å². The highest BCUT2D eigenvalue weighted by Crippen LogP contribution is 2.26. The lowest BCUT2D eigenvalue weighted by Gasteiger charge is -1.96. The lowest BCUT2D eigenvalue weighted by molar-refractivity contribution is 0.0696. The standard InChI is InChI=1S/C11H9NO3S/c1-16-6-2-3-7-8(4-6)12-9(5-13)10(7)11(14)15/h2-5,12H,1H3,(H,14,15). The maximum atomic E-state index is 11.0. The smallest absolute Gasteiger partial charge is 0.338 e. The second-order valence-corrected chi connectivity index (χ2v) is 4.13. The molecule has 0 aliphatic rings. The molecule has 1 aromatic heterocycles. The van der Waals surface area contributed by atoms with Gasteiger partial charge in [0, 0.05) is 15.8 Å². The Kier molecular flexibility index (Phi) is 2.70. The van der Waals surface area contributed by atoms with Gasteiger partial charge in [0.1, 0.15) is 0 Å². The van der Waals surface area contributed by atoms with E-state index in [9.17, 15) is 9.59 Å². The third-order valence-corrected chi connectivity index (χ3v) is 3.09. The molecule has 0 saturated heterocycles. The van der Waals surface area contributed by atoms with Gasteiger partial charge in [0.15, 0.2) is 6.29 Å². The number of aldehydes is 1. The van der Waals surface area contributed by atoms with Crippen molar-refractivity contribution < 1.29 is 14.7 Å². The van der Waals surface area contributed by atoms with E-state index in [4.69, 9.17) is 5.11 Å². The first-order chi connectivity index (χ1) is 7.67. The highest BCUT2D eigenvalue weighted by molar-refractivity contribution is 7.98. The van der Waals surface area contributed by atoms with E-state index in [2.05, 4.69) is 4.98 Å². The van der Waals surface area contributed by atoms with E-state index < -0.39 is 5.97 Å². The summed E-state index contributed by atoms with van der Waals surface area (Å²) in [6.45, 7) is 0. The number of aromatic nitrogens is 1. The van der Waals surface area contributed by atoms with Crippen LogP contribution in [0, 0.1) is 0 Å². The first-order valence-corrected chi connectivity index (χ1v) is 5.78. The minimum absolute atomic E-state index is 0.0395. The number of nitrogens with one attached hydrogen (secondary N) is 1. The summed E-state index contributed by atoms with van der Waals surface area (Å²) in [5, 5.41) is 9.59. The van der Waals surface area contributed by atoms with Gasteiger partial charge in [-0.2, -0.15) is 0 Å². The largest absolute Gasteiger partial charge is 0.478 e. The molecule has 16 heavy (non-hydrogen) atoms. The maximum absolute atomic E-state index is 11.0. The summed E-state index contributed by atoms with van der Waals surface area (Å²) in [4.78, 5) is 25.6. The van der Waals surface area contributed by atoms with Crippen LogP contribution in [0.3, 0.4) is 0 Å². The van der Waals surface area contributed by atoms with E-state index in [0.29, 0.717) is 17.2 Å². The number of fused-ring (bicyclic) bond motifs is 1. The molecule has 2 N–H and O–H groups in total. The van der Waals surface area contributed by atoms with Gasteiger partial charge in [0.2, 0.25) is 0 Å². The summed E-state index contributed by atoms with van der Waals surface area (Å²) in [6.07, 6.45) is 2.46. The molecule has 0 spiro atoms. The van der Waals surface area contributed by atoms with Crippen molar-refractivity contribution in [2.24, 2.45) is 0 Å². The molecular formula is C11H9NO3S. The number of hydrogen-bond donors (Lipinski definition) is 2. The molecule has 0 aliphatic carbocycles. The maximum Gasteiger partial charge on any atom is 0.338 e. The number of carboxylic acids is 1. The van der Waals surface area contributed by atoms with Crippen LogP contribution >= 0.6 is 11.8 Å². The quantitative estimate of drug-likeness (QED) is 0.633. The van der Waals surface area contributed by atoms with Gasteiger partial charge < -0.3 is 10.1 Å². The van der Waals surface area contributed by atoms with Gasteiger partial charge in [0.25, 0.3) is 0 Å². The Labute approximate surface area is 95.7 Å². The SMILES string of the molecule is CSc1ccc2c(C(=O)O)c(C=O)[nH]c2c1. The Morgan fingerprint density at radius 3 is 2.81 bits per heavy atom. The molecule has 0 atom stereocenters. The molecule has 0 aliphatic heterocycles. The Morgan fingerprint density at radius 2 is 2.25 bits per heavy atom. The van der Waals surface area contributed by atoms with Gasteiger partial charge in [-0.25, -0.2) is 4.79 Å². The molecule has 2 aromatic rings. The molecule has 0 bridgehead atoms. The molecular weight excluding hydrogens is 226 g/mol. The Bertz CT molecular complexity index is 574. The number of aromatic amines is 1. The molecule has 0 fully saturated rings. The van der Waals surface area contributed by atoms with Crippen LogP contribution < -0.4 is 0 Å². The number of hydrogen-bond acceptors (Lipinski definition) is 3. The summed E-state index contributed by atoms with van der Waals surface area (Å²) in [5.74, 6) is -1.09. The van der Waals surface area contributed by atoms with Crippen LogP contribution in [0.5, 0.6) is 0 Å². The number of carboxylic acid groups (broad SMARTS) is 1. The van der Waals surface area contributed by atoms with Crippen molar-refractivity contribution in [2.45, 2.75) is 4.90 Å². The number of aromatic carboxylic acids is 1. The molecule has 0 amide bonds. The molecule has 2 rings (SSSR count). The van der Waals surface area contributed by atoms with Crippen LogP contribution in [0.2, 0.25) is 0 Å². The van der Waals surface area contributed by atoms with E-state index in [-0.39, 0.29) is 11.3 Å². The molecule has 0 unspecified atom stereocenters. The van der Waals surface area contributed by atoms with Crippen molar-refractivity contribution in [3.63, 3.8) is 0 Å². The van der Waals surface area contributed by atoms with E-state index in [1.807, 2.05) is 18.4 Å². The fourth-order valence-corrected chi connectivity index (χ4v) is 2.08. The number of benzene rings is 1.